The molecule has 2 aromatic rings. The minimum atomic E-state index is -0.820. The van der Waals surface area contributed by atoms with E-state index < -0.39 is 11.9 Å². The van der Waals surface area contributed by atoms with Gasteiger partial charge >= 0.3 is 0 Å². The largest absolute Gasteiger partial charge is 0.352 e. The molecule has 6 nitrogen and oxygen atoms in total. The number of hydrogen-bond acceptors (Lipinski definition) is 3. The third kappa shape index (κ3) is 3.35. The van der Waals surface area contributed by atoms with Crippen LogP contribution in [0.25, 0.3) is 0 Å². The molecular weight excluding hydrogens is 361 g/mol. The second kappa shape index (κ2) is 7.42. The van der Waals surface area contributed by atoms with Crippen molar-refractivity contribution in [1.82, 2.24) is 10.2 Å². The van der Waals surface area contributed by atoms with E-state index >= 15 is 0 Å². The number of halogens is 1. The molecule has 2 saturated heterocycles. The summed E-state index contributed by atoms with van der Waals surface area (Å²) in [6.07, 6.45) is 1.31. The first kappa shape index (κ1) is 18.2. The summed E-state index contributed by atoms with van der Waals surface area (Å²) in [7, 11) is 0. The quantitative estimate of drug-likeness (QED) is 0.887. The van der Waals surface area contributed by atoms with Crippen LogP contribution in [0.15, 0.2) is 48.5 Å². The van der Waals surface area contributed by atoms with E-state index in [9.17, 15) is 18.8 Å². The van der Waals surface area contributed by atoms with Crippen molar-refractivity contribution in [3.63, 3.8) is 0 Å². The Morgan fingerprint density at radius 1 is 1.07 bits per heavy atom. The standard InChI is InChI=1S/C21H20FN3O3/c22-16-8-6-14(7-9-16)19-20(27)23-10-12-25(19)21(28)15-3-1-4-17(13-15)24-11-2-5-18(24)26/h1,3-4,6-9,13,19H,2,5,10-12H2,(H,23,27). The Balaban J connectivity index is 1.64. The molecule has 4 rings (SSSR count). The second-order valence-electron chi connectivity index (χ2n) is 6.94. The van der Waals surface area contributed by atoms with Gasteiger partial charge in [-0.25, -0.2) is 4.39 Å². The predicted octanol–water partition coefficient (Wildman–Crippen LogP) is 2.27. The first-order chi connectivity index (χ1) is 13.5. The Morgan fingerprint density at radius 3 is 2.57 bits per heavy atom. The van der Waals surface area contributed by atoms with E-state index in [0.717, 1.165) is 6.42 Å². The van der Waals surface area contributed by atoms with E-state index in [1.165, 1.54) is 29.2 Å². The van der Waals surface area contributed by atoms with Crippen LogP contribution in [-0.2, 0) is 9.59 Å². The lowest BCUT2D eigenvalue weighted by atomic mass is 10.0. The van der Waals surface area contributed by atoms with Crippen LogP contribution in [0.2, 0.25) is 0 Å². The van der Waals surface area contributed by atoms with Crippen molar-refractivity contribution in [3.8, 4) is 0 Å². The number of piperazine rings is 1. The molecule has 2 heterocycles. The van der Waals surface area contributed by atoms with Crippen LogP contribution in [0.5, 0.6) is 0 Å². The zero-order valence-electron chi connectivity index (χ0n) is 15.2. The van der Waals surface area contributed by atoms with Gasteiger partial charge in [-0.15, -0.1) is 0 Å². The van der Waals surface area contributed by atoms with Crippen molar-refractivity contribution in [2.75, 3.05) is 24.5 Å². The van der Waals surface area contributed by atoms with Gasteiger partial charge in [0.25, 0.3) is 5.91 Å². The van der Waals surface area contributed by atoms with Crippen molar-refractivity contribution in [2.45, 2.75) is 18.9 Å². The third-order valence-electron chi connectivity index (χ3n) is 5.14. The van der Waals surface area contributed by atoms with E-state index in [4.69, 9.17) is 0 Å². The Bertz CT molecular complexity index is 929. The third-order valence-corrected chi connectivity index (χ3v) is 5.14. The number of carbonyl (C=O) groups excluding carboxylic acids is 3. The highest BCUT2D eigenvalue weighted by Crippen LogP contribution is 2.27. The molecule has 2 aliphatic heterocycles. The number of benzene rings is 2. The lowest BCUT2D eigenvalue weighted by Gasteiger charge is -2.35. The summed E-state index contributed by atoms with van der Waals surface area (Å²) < 4.78 is 13.3. The van der Waals surface area contributed by atoms with Gasteiger partial charge in [-0.3, -0.25) is 14.4 Å². The highest BCUT2D eigenvalue weighted by Gasteiger charge is 2.35. The fourth-order valence-electron chi connectivity index (χ4n) is 3.76. The monoisotopic (exact) mass is 381 g/mol. The summed E-state index contributed by atoms with van der Waals surface area (Å²) in [5, 5.41) is 2.76. The van der Waals surface area contributed by atoms with E-state index in [-0.39, 0.29) is 17.7 Å². The number of hydrogen-bond donors (Lipinski definition) is 1. The second-order valence-corrected chi connectivity index (χ2v) is 6.94. The van der Waals surface area contributed by atoms with Gasteiger partial charge in [0.2, 0.25) is 11.8 Å². The fourth-order valence-corrected chi connectivity index (χ4v) is 3.76. The maximum atomic E-state index is 13.3. The van der Waals surface area contributed by atoms with Crippen LogP contribution in [0.3, 0.4) is 0 Å². The molecular formula is C21H20FN3O3. The van der Waals surface area contributed by atoms with Crippen molar-refractivity contribution in [1.29, 1.82) is 0 Å². The molecule has 2 fully saturated rings. The van der Waals surface area contributed by atoms with Gasteiger partial charge in [0.05, 0.1) is 0 Å². The van der Waals surface area contributed by atoms with Crippen molar-refractivity contribution in [2.24, 2.45) is 0 Å². The van der Waals surface area contributed by atoms with Crippen molar-refractivity contribution >= 4 is 23.4 Å². The zero-order chi connectivity index (χ0) is 19.7. The molecule has 2 aliphatic rings. The Kier molecular flexibility index (Phi) is 4.81. The Morgan fingerprint density at radius 2 is 1.86 bits per heavy atom. The zero-order valence-corrected chi connectivity index (χ0v) is 15.2. The van der Waals surface area contributed by atoms with Gasteiger partial charge < -0.3 is 15.1 Å². The molecule has 1 atom stereocenters. The van der Waals surface area contributed by atoms with Gasteiger partial charge in [0, 0.05) is 37.3 Å². The summed E-state index contributed by atoms with van der Waals surface area (Å²) in [4.78, 5) is 40.9. The lowest BCUT2D eigenvalue weighted by molar-refractivity contribution is -0.128. The van der Waals surface area contributed by atoms with E-state index in [1.807, 2.05) is 0 Å². The summed E-state index contributed by atoms with van der Waals surface area (Å²) in [6, 6.07) is 11.7. The molecule has 0 aromatic heterocycles. The van der Waals surface area contributed by atoms with Crippen LogP contribution in [-0.4, -0.2) is 42.3 Å². The number of amides is 3. The first-order valence-corrected chi connectivity index (χ1v) is 9.29. The number of rotatable bonds is 3. The average molecular weight is 381 g/mol. The molecule has 0 aliphatic carbocycles. The molecule has 1 unspecified atom stereocenters. The lowest BCUT2D eigenvalue weighted by Crippen LogP contribution is -2.52. The molecule has 0 saturated carbocycles. The molecule has 2 aromatic carbocycles. The number of nitrogens with zero attached hydrogens (tertiary/aromatic N) is 2. The predicted molar refractivity (Wildman–Crippen MR) is 101 cm³/mol. The number of nitrogens with one attached hydrogen (secondary N) is 1. The highest BCUT2D eigenvalue weighted by molar-refractivity contribution is 6.01. The molecule has 144 valence electrons. The van der Waals surface area contributed by atoms with Gasteiger partial charge in [-0.05, 0) is 42.3 Å². The molecule has 7 heteroatoms. The summed E-state index contributed by atoms with van der Waals surface area (Å²) in [6.45, 7) is 1.34. The minimum absolute atomic E-state index is 0.0473. The molecule has 28 heavy (non-hydrogen) atoms. The Hall–Kier alpha value is -3.22. The average Bonchev–Trinajstić information content (AvgIpc) is 3.14. The topological polar surface area (TPSA) is 69.7 Å². The SMILES string of the molecule is O=C1NCCN(C(=O)c2cccc(N3CCCC3=O)c2)C1c1ccc(F)cc1. The van der Waals surface area contributed by atoms with E-state index in [1.54, 1.807) is 29.2 Å². The van der Waals surface area contributed by atoms with Crippen LogP contribution < -0.4 is 10.2 Å². The van der Waals surface area contributed by atoms with Gasteiger partial charge in [-0.2, -0.15) is 0 Å². The minimum Gasteiger partial charge on any atom is -0.352 e. The molecule has 1 N–H and O–H groups in total. The normalized spacial score (nSPS) is 19.7. The van der Waals surface area contributed by atoms with Crippen molar-refractivity contribution < 1.29 is 18.8 Å². The van der Waals surface area contributed by atoms with Crippen LogP contribution in [0.4, 0.5) is 10.1 Å². The summed E-state index contributed by atoms with van der Waals surface area (Å²) in [5.74, 6) is -0.943. The maximum absolute atomic E-state index is 13.3. The van der Waals surface area contributed by atoms with Gasteiger partial charge in [0.15, 0.2) is 0 Å². The number of anilines is 1. The van der Waals surface area contributed by atoms with Crippen LogP contribution in [0, 0.1) is 5.82 Å². The van der Waals surface area contributed by atoms with Crippen LogP contribution >= 0.6 is 0 Å². The maximum Gasteiger partial charge on any atom is 0.254 e. The molecule has 3 amide bonds. The van der Waals surface area contributed by atoms with Crippen molar-refractivity contribution in [3.05, 3.63) is 65.5 Å². The van der Waals surface area contributed by atoms with Gasteiger partial charge in [0.1, 0.15) is 11.9 Å². The molecule has 0 bridgehead atoms. The van der Waals surface area contributed by atoms with E-state index in [2.05, 4.69) is 5.32 Å². The molecule has 0 radical (unpaired) electrons. The fraction of sp³-hybridized carbons (Fsp3) is 0.286. The van der Waals surface area contributed by atoms with E-state index in [0.29, 0.717) is 42.9 Å². The number of carbonyl (C=O) groups is 3. The highest BCUT2D eigenvalue weighted by atomic mass is 19.1. The summed E-state index contributed by atoms with van der Waals surface area (Å²) in [5.41, 5.74) is 1.66. The molecule has 0 spiro atoms. The first-order valence-electron chi connectivity index (χ1n) is 9.29. The Labute approximate surface area is 161 Å². The van der Waals surface area contributed by atoms with Crippen LogP contribution in [0.1, 0.15) is 34.8 Å². The van der Waals surface area contributed by atoms with Gasteiger partial charge in [-0.1, -0.05) is 18.2 Å². The smallest absolute Gasteiger partial charge is 0.254 e. The summed E-state index contributed by atoms with van der Waals surface area (Å²) >= 11 is 0.